The van der Waals surface area contributed by atoms with Crippen LogP contribution in [-0.2, 0) is 11.2 Å². The summed E-state index contributed by atoms with van der Waals surface area (Å²) in [5.74, 6) is -0.206. The number of aromatic nitrogens is 1. The van der Waals surface area contributed by atoms with Gasteiger partial charge in [0.25, 0.3) is 0 Å². The molecule has 2 aromatic carbocycles. The number of hydrogen-bond donors (Lipinski definition) is 1. The van der Waals surface area contributed by atoms with Gasteiger partial charge < -0.3 is 9.72 Å². The lowest BCUT2D eigenvalue weighted by atomic mass is 10.0. The average Bonchev–Trinajstić information content (AvgIpc) is 2.98. The van der Waals surface area contributed by atoms with E-state index >= 15 is 0 Å². The van der Waals surface area contributed by atoms with E-state index in [-0.39, 0.29) is 18.0 Å². The van der Waals surface area contributed by atoms with E-state index in [4.69, 9.17) is 4.74 Å². The van der Waals surface area contributed by atoms with Crippen molar-refractivity contribution in [3.05, 3.63) is 59.9 Å². The third kappa shape index (κ3) is 3.53. The maximum Gasteiger partial charge on any atom is 0.123 e. The standard InChI is InChI=1S/C22H25FN2O/c1-15-13-25(14-16(2)26-15)11-10-20-19-8-3-4-9-21(19)24-22(20)17-6-5-7-18(23)12-17/h3-9,12,15-16,24H,10-11,13-14H2,1-2H3/t15-,16?/m0/s1. The molecule has 0 bridgehead atoms. The Hall–Kier alpha value is -2.17. The van der Waals surface area contributed by atoms with Crippen LogP contribution < -0.4 is 0 Å². The Morgan fingerprint density at radius 2 is 1.85 bits per heavy atom. The summed E-state index contributed by atoms with van der Waals surface area (Å²) in [6.45, 7) is 7.16. The van der Waals surface area contributed by atoms with E-state index in [2.05, 4.69) is 41.9 Å². The average molecular weight is 352 g/mol. The van der Waals surface area contributed by atoms with Gasteiger partial charge in [0.05, 0.1) is 12.2 Å². The number of nitrogens with one attached hydrogen (secondary N) is 1. The number of aromatic amines is 1. The zero-order chi connectivity index (χ0) is 18.1. The molecule has 1 aromatic heterocycles. The van der Waals surface area contributed by atoms with Crippen LogP contribution in [0.3, 0.4) is 0 Å². The van der Waals surface area contributed by atoms with Gasteiger partial charge in [-0.2, -0.15) is 0 Å². The topological polar surface area (TPSA) is 28.3 Å². The number of ether oxygens (including phenoxy) is 1. The zero-order valence-corrected chi connectivity index (χ0v) is 15.3. The quantitative estimate of drug-likeness (QED) is 0.742. The zero-order valence-electron chi connectivity index (χ0n) is 15.3. The molecular formula is C22H25FN2O. The van der Waals surface area contributed by atoms with Crippen molar-refractivity contribution in [2.75, 3.05) is 19.6 Å². The molecule has 2 heterocycles. The molecule has 1 unspecified atom stereocenters. The third-order valence-corrected chi connectivity index (χ3v) is 5.10. The van der Waals surface area contributed by atoms with Crippen molar-refractivity contribution in [1.29, 1.82) is 0 Å². The SMILES string of the molecule is CC1CN(CCc2c(-c3cccc(F)c3)[nH]c3ccccc23)C[C@H](C)O1. The number of para-hydroxylation sites is 1. The molecule has 0 aliphatic carbocycles. The highest BCUT2D eigenvalue weighted by Crippen LogP contribution is 2.31. The maximum atomic E-state index is 13.8. The monoisotopic (exact) mass is 352 g/mol. The van der Waals surface area contributed by atoms with Crippen molar-refractivity contribution in [2.45, 2.75) is 32.5 Å². The van der Waals surface area contributed by atoms with Gasteiger partial charge in [0.2, 0.25) is 0 Å². The summed E-state index contributed by atoms with van der Waals surface area (Å²) in [6.07, 6.45) is 1.46. The van der Waals surface area contributed by atoms with Crippen LogP contribution in [0.25, 0.3) is 22.2 Å². The summed E-state index contributed by atoms with van der Waals surface area (Å²) in [5.41, 5.74) is 4.29. The lowest BCUT2D eigenvalue weighted by molar-refractivity contribution is -0.0675. The summed E-state index contributed by atoms with van der Waals surface area (Å²) >= 11 is 0. The van der Waals surface area contributed by atoms with Crippen molar-refractivity contribution in [2.24, 2.45) is 0 Å². The fourth-order valence-electron chi connectivity index (χ4n) is 4.09. The van der Waals surface area contributed by atoms with Crippen LogP contribution in [0.4, 0.5) is 4.39 Å². The molecule has 4 heteroatoms. The van der Waals surface area contributed by atoms with E-state index in [0.717, 1.165) is 42.8 Å². The van der Waals surface area contributed by atoms with Gasteiger partial charge in [-0.3, -0.25) is 4.90 Å². The lowest BCUT2D eigenvalue weighted by Gasteiger charge is -2.35. The minimum absolute atomic E-state index is 0.206. The summed E-state index contributed by atoms with van der Waals surface area (Å²) in [5, 5.41) is 1.22. The highest BCUT2D eigenvalue weighted by atomic mass is 19.1. The second-order valence-electron chi connectivity index (χ2n) is 7.30. The van der Waals surface area contributed by atoms with Crippen molar-refractivity contribution in [3.63, 3.8) is 0 Å². The molecule has 1 saturated heterocycles. The first-order valence-electron chi connectivity index (χ1n) is 9.33. The van der Waals surface area contributed by atoms with E-state index in [1.165, 1.54) is 17.0 Å². The second-order valence-corrected chi connectivity index (χ2v) is 7.30. The van der Waals surface area contributed by atoms with Crippen LogP contribution in [-0.4, -0.2) is 41.7 Å². The van der Waals surface area contributed by atoms with Crippen LogP contribution in [0.15, 0.2) is 48.5 Å². The molecule has 136 valence electrons. The molecule has 4 rings (SSSR count). The lowest BCUT2D eigenvalue weighted by Crippen LogP contribution is -2.46. The van der Waals surface area contributed by atoms with Gasteiger partial charge in [0.15, 0.2) is 0 Å². The molecule has 26 heavy (non-hydrogen) atoms. The van der Waals surface area contributed by atoms with Crippen LogP contribution in [0, 0.1) is 5.82 Å². The summed E-state index contributed by atoms with van der Waals surface area (Å²) < 4.78 is 19.6. The summed E-state index contributed by atoms with van der Waals surface area (Å²) in [7, 11) is 0. The number of hydrogen-bond acceptors (Lipinski definition) is 2. The fraction of sp³-hybridized carbons (Fsp3) is 0.364. The largest absolute Gasteiger partial charge is 0.373 e. The third-order valence-electron chi connectivity index (χ3n) is 5.10. The van der Waals surface area contributed by atoms with E-state index in [1.54, 1.807) is 12.1 Å². The smallest absolute Gasteiger partial charge is 0.123 e. The Balaban J connectivity index is 1.66. The Kier molecular flexibility index (Phi) is 4.79. The molecule has 3 aromatic rings. The fourth-order valence-corrected chi connectivity index (χ4v) is 4.09. The number of morpholine rings is 1. The molecule has 1 aliphatic heterocycles. The number of nitrogens with zero attached hydrogens (tertiary/aromatic N) is 1. The van der Waals surface area contributed by atoms with Crippen molar-refractivity contribution in [1.82, 2.24) is 9.88 Å². The number of halogens is 1. The minimum atomic E-state index is -0.206. The predicted octanol–water partition coefficient (Wildman–Crippen LogP) is 4.63. The molecule has 2 atom stereocenters. The van der Waals surface area contributed by atoms with Gasteiger partial charge in [0, 0.05) is 41.8 Å². The Morgan fingerprint density at radius 3 is 2.62 bits per heavy atom. The van der Waals surface area contributed by atoms with Crippen LogP contribution in [0.2, 0.25) is 0 Å². The number of benzene rings is 2. The van der Waals surface area contributed by atoms with Gasteiger partial charge in [-0.1, -0.05) is 30.3 Å². The second kappa shape index (κ2) is 7.22. The molecule has 3 nitrogen and oxygen atoms in total. The van der Waals surface area contributed by atoms with Gasteiger partial charge in [-0.15, -0.1) is 0 Å². The van der Waals surface area contributed by atoms with Crippen molar-refractivity contribution >= 4 is 10.9 Å². The van der Waals surface area contributed by atoms with Crippen molar-refractivity contribution < 1.29 is 9.13 Å². The molecular weight excluding hydrogens is 327 g/mol. The first-order valence-corrected chi connectivity index (χ1v) is 9.33. The Morgan fingerprint density at radius 1 is 1.08 bits per heavy atom. The number of fused-ring (bicyclic) bond motifs is 1. The van der Waals surface area contributed by atoms with Gasteiger partial charge in [-0.05, 0) is 44.0 Å². The van der Waals surface area contributed by atoms with E-state index in [0.29, 0.717) is 0 Å². The molecule has 0 saturated carbocycles. The normalized spacial score (nSPS) is 21.3. The van der Waals surface area contributed by atoms with Crippen molar-refractivity contribution in [3.8, 4) is 11.3 Å². The van der Waals surface area contributed by atoms with Gasteiger partial charge in [-0.25, -0.2) is 4.39 Å². The van der Waals surface area contributed by atoms with Crippen LogP contribution in [0.5, 0.6) is 0 Å². The number of H-pyrrole nitrogens is 1. The van der Waals surface area contributed by atoms with E-state index in [1.807, 2.05) is 12.1 Å². The summed E-state index contributed by atoms with van der Waals surface area (Å²) in [4.78, 5) is 5.97. The van der Waals surface area contributed by atoms with E-state index in [9.17, 15) is 4.39 Å². The van der Waals surface area contributed by atoms with Gasteiger partial charge >= 0.3 is 0 Å². The predicted molar refractivity (Wildman–Crippen MR) is 104 cm³/mol. The Bertz CT molecular complexity index is 894. The van der Waals surface area contributed by atoms with Gasteiger partial charge in [0.1, 0.15) is 5.82 Å². The van der Waals surface area contributed by atoms with Crippen LogP contribution in [0.1, 0.15) is 19.4 Å². The molecule has 1 fully saturated rings. The Labute approximate surface area is 153 Å². The highest BCUT2D eigenvalue weighted by Gasteiger charge is 2.22. The molecule has 0 spiro atoms. The molecule has 0 radical (unpaired) electrons. The number of rotatable bonds is 4. The summed E-state index contributed by atoms with van der Waals surface area (Å²) in [6, 6.07) is 15.2. The highest BCUT2D eigenvalue weighted by molar-refractivity contribution is 5.90. The molecule has 0 amide bonds. The molecule has 1 aliphatic rings. The van der Waals surface area contributed by atoms with Crippen LogP contribution >= 0.6 is 0 Å². The molecule has 1 N–H and O–H groups in total. The maximum absolute atomic E-state index is 13.8. The van der Waals surface area contributed by atoms with E-state index < -0.39 is 0 Å². The minimum Gasteiger partial charge on any atom is -0.373 e. The first-order chi connectivity index (χ1) is 12.6. The first kappa shape index (κ1) is 17.3.